The van der Waals surface area contributed by atoms with Crippen LogP contribution in [0, 0.1) is 13.8 Å². The number of rotatable bonds is 1. The van der Waals surface area contributed by atoms with E-state index in [1.165, 1.54) is 11.3 Å². The van der Waals surface area contributed by atoms with Crippen molar-refractivity contribution in [3.8, 4) is 11.4 Å². The summed E-state index contributed by atoms with van der Waals surface area (Å²) in [5.41, 5.74) is 5.37. The number of aryl methyl sites for hydroxylation is 2. The van der Waals surface area contributed by atoms with Crippen LogP contribution >= 0.6 is 0 Å². The predicted octanol–water partition coefficient (Wildman–Crippen LogP) is 3.01. The van der Waals surface area contributed by atoms with Gasteiger partial charge in [0.1, 0.15) is 5.65 Å². The lowest BCUT2D eigenvalue weighted by Gasteiger charge is -2.05. The van der Waals surface area contributed by atoms with Gasteiger partial charge in [0.25, 0.3) is 0 Å². The zero-order chi connectivity index (χ0) is 11.8. The average molecular weight is 223 g/mol. The minimum atomic E-state index is 0.951. The topological polar surface area (TPSA) is 30.2 Å². The van der Waals surface area contributed by atoms with Crippen molar-refractivity contribution < 1.29 is 0 Å². The molecule has 0 N–H and O–H groups in total. The highest BCUT2D eigenvalue weighted by molar-refractivity contribution is 5.61. The molecule has 3 nitrogen and oxygen atoms in total. The molecule has 0 spiro atoms. The van der Waals surface area contributed by atoms with Crippen LogP contribution in [0.5, 0.6) is 0 Å². The van der Waals surface area contributed by atoms with Crippen LogP contribution in [-0.2, 0) is 0 Å². The Balaban J connectivity index is 2.32. The molecule has 0 saturated carbocycles. The van der Waals surface area contributed by atoms with E-state index in [9.17, 15) is 0 Å². The van der Waals surface area contributed by atoms with Crippen LogP contribution in [0.2, 0.25) is 0 Å². The number of imidazole rings is 1. The van der Waals surface area contributed by atoms with E-state index in [2.05, 4.69) is 40.3 Å². The van der Waals surface area contributed by atoms with Crippen LogP contribution in [0.4, 0.5) is 0 Å². The summed E-state index contributed by atoms with van der Waals surface area (Å²) in [5, 5.41) is 0. The second-order valence-corrected chi connectivity index (χ2v) is 4.23. The first-order valence-electron chi connectivity index (χ1n) is 5.62. The molecule has 3 rings (SSSR count). The summed E-state index contributed by atoms with van der Waals surface area (Å²) in [5.74, 6) is 0. The van der Waals surface area contributed by atoms with E-state index in [0.717, 1.165) is 17.0 Å². The van der Waals surface area contributed by atoms with Crippen molar-refractivity contribution in [2.24, 2.45) is 0 Å². The smallest absolute Gasteiger partial charge is 0.137 e. The highest BCUT2D eigenvalue weighted by Crippen LogP contribution is 2.21. The summed E-state index contributed by atoms with van der Waals surface area (Å²) < 4.78 is 2.13. The first-order chi connectivity index (χ1) is 8.25. The summed E-state index contributed by atoms with van der Waals surface area (Å²) in [4.78, 5) is 8.81. The molecule has 0 aromatic carbocycles. The monoisotopic (exact) mass is 223 g/mol. The molecule has 0 fully saturated rings. The number of hydrogen-bond acceptors (Lipinski definition) is 2. The highest BCUT2D eigenvalue weighted by Gasteiger charge is 2.08. The van der Waals surface area contributed by atoms with Gasteiger partial charge in [0.15, 0.2) is 0 Å². The number of nitrogens with zero attached hydrogens (tertiary/aromatic N) is 3. The maximum atomic E-state index is 4.44. The Bertz CT molecular complexity index is 669. The van der Waals surface area contributed by atoms with Crippen LogP contribution in [0.3, 0.4) is 0 Å². The summed E-state index contributed by atoms with van der Waals surface area (Å²) in [6.45, 7) is 4.18. The molecule has 3 heterocycles. The molecule has 0 unspecified atom stereocenters. The van der Waals surface area contributed by atoms with Crippen molar-refractivity contribution in [1.29, 1.82) is 0 Å². The van der Waals surface area contributed by atoms with Crippen molar-refractivity contribution in [2.75, 3.05) is 0 Å². The van der Waals surface area contributed by atoms with Gasteiger partial charge in [-0.25, -0.2) is 4.98 Å². The third-order valence-corrected chi connectivity index (χ3v) is 2.86. The second-order valence-electron chi connectivity index (χ2n) is 4.23. The Morgan fingerprint density at radius 2 is 1.94 bits per heavy atom. The summed E-state index contributed by atoms with van der Waals surface area (Å²) in [6.07, 6.45) is 3.68. The molecule has 0 amide bonds. The summed E-state index contributed by atoms with van der Waals surface area (Å²) in [7, 11) is 0. The summed E-state index contributed by atoms with van der Waals surface area (Å²) in [6, 6.07) is 10.2. The molecule has 3 heteroatoms. The Labute approximate surface area is 99.8 Å². The van der Waals surface area contributed by atoms with Crippen LogP contribution in [0.1, 0.15) is 11.3 Å². The first kappa shape index (κ1) is 10.0. The standard InChI is InChI=1S/C14H13N3/c1-10-7-11(2)17-13(9-16-14(17)8-10)12-5-3-4-6-15-12/h3-9H,1-2H3. The normalized spacial score (nSPS) is 10.9. The number of aromatic nitrogens is 3. The van der Waals surface area contributed by atoms with Gasteiger partial charge >= 0.3 is 0 Å². The fourth-order valence-electron chi connectivity index (χ4n) is 2.17. The van der Waals surface area contributed by atoms with Crippen LogP contribution in [0.15, 0.2) is 42.7 Å². The quantitative estimate of drug-likeness (QED) is 0.634. The van der Waals surface area contributed by atoms with Crippen LogP contribution in [0.25, 0.3) is 17.0 Å². The number of fused-ring (bicyclic) bond motifs is 1. The zero-order valence-electron chi connectivity index (χ0n) is 9.88. The maximum Gasteiger partial charge on any atom is 0.137 e. The van der Waals surface area contributed by atoms with Gasteiger partial charge in [-0.2, -0.15) is 0 Å². The van der Waals surface area contributed by atoms with E-state index in [1.807, 2.05) is 24.4 Å². The van der Waals surface area contributed by atoms with E-state index in [0.29, 0.717) is 0 Å². The van der Waals surface area contributed by atoms with Gasteiger partial charge in [0.05, 0.1) is 17.6 Å². The molecule has 3 aromatic heterocycles. The molecule has 0 aliphatic carbocycles. The van der Waals surface area contributed by atoms with Gasteiger partial charge in [-0.15, -0.1) is 0 Å². The van der Waals surface area contributed by atoms with Crippen molar-refractivity contribution in [1.82, 2.24) is 14.4 Å². The van der Waals surface area contributed by atoms with Gasteiger partial charge in [0, 0.05) is 11.9 Å². The van der Waals surface area contributed by atoms with Crippen LogP contribution in [-0.4, -0.2) is 14.4 Å². The zero-order valence-corrected chi connectivity index (χ0v) is 9.88. The molecule has 3 aromatic rings. The largest absolute Gasteiger partial charge is 0.295 e. The lowest BCUT2D eigenvalue weighted by Crippen LogP contribution is -1.95. The Kier molecular flexibility index (Phi) is 2.18. The van der Waals surface area contributed by atoms with E-state index < -0.39 is 0 Å². The van der Waals surface area contributed by atoms with Gasteiger partial charge in [-0.3, -0.25) is 9.38 Å². The minimum Gasteiger partial charge on any atom is -0.295 e. The average Bonchev–Trinajstić information content (AvgIpc) is 2.74. The highest BCUT2D eigenvalue weighted by atomic mass is 15.0. The number of hydrogen-bond donors (Lipinski definition) is 0. The van der Waals surface area contributed by atoms with Crippen molar-refractivity contribution >= 4 is 5.65 Å². The molecule has 17 heavy (non-hydrogen) atoms. The fourth-order valence-corrected chi connectivity index (χ4v) is 2.17. The molecule has 0 radical (unpaired) electrons. The molecule has 0 aliphatic rings. The van der Waals surface area contributed by atoms with E-state index >= 15 is 0 Å². The SMILES string of the molecule is Cc1cc(C)n2c(-c3ccccn3)cnc2c1. The Morgan fingerprint density at radius 1 is 1.06 bits per heavy atom. The third kappa shape index (κ3) is 1.60. The Morgan fingerprint density at radius 3 is 2.71 bits per heavy atom. The Hall–Kier alpha value is -2.16. The minimum absolute atomic E-state index is 0.951. The van der Waals surface area contributed by atoms with Gasteiger partial charge in [0.2, 0.25) is 0 Å². The molecular formula is C14H13N3. The van der Waals surface area contributed by atoms with Gasteiger partial charge < -0.3 is 0 Å². The molecular weight excluding hydrogens is 210 g/mol. The van der Waals surface area contributed by atoms with E-state index in [-0.39, 0.29) is 0 Å². The van der Waals surface area contributed by atoms with Gasteiger partial charge in [-0.1, -0.05) is 6.07 Å². The molecule has 0 saturated heterocycles. The van der Waals surface area contributed by atoms with Gasteiger partial charge in [-0.05, 0) is 43.7 Å². The van der Waals surface area contributed by atoms with Crippen LogP contribution < -0.4 is 0 Å². The molecule has 0 bridgehead atoms. The maximum absolute atomic E-state index is 4.44. The lowest BCUT2D eigenvalue weighted by atomic mass is 10.2. The molecule has 0 atom stereocenters. The summed E-state index contributed by atoms with van der Waals surface area (Å²) >= 11 is 0. The molecule has 0 aliphatic heterocycles. The van der Waals surface area contributed by atoms with Crippen molar-refractivity contribution in [3.63, 3.8) is 0 Å². The molecule has 84 valence electrons. The third-order valence-electron chi connectivity index (χ3n) is 2.86. The fraction of sp³-hybridized carbons (Fsp3) is 0.143. The first-order valence-corrected chi connectivity index (χ1v) is 5.62. The van der Waals surface area contributed by atoms with Crippen molar-refractivity contribution in [3.05, 3.63) is 54.0 Å². The lowest BCUT2D eigenvalue weighted by molar-refractivity contribution is 1.08. The number of pyridine rings is 2. The van der Waals surface area contributed by atoms with Crippen molar-refractivity contribution in [2.45, 2.75) is 13.8 Å². The van der Waals surface area contributed by atoms with E-state index in [4.69, 9.17) is 0 Å². The predicted molar refractivity (Wildman–Crippen MR) is 67.9 cm³/mol. The van der Waals surface area contributed by atoms with E-state index in [1.54, 1.807) is 6.20 Å². The second kappa shape index (κ2) is 3.70.